The summed E-state index contributed by atoms with van der Waals surface area (Å²) in [4.78, 5) is 0. The van der Waals surface area contributed by atoms with Crippen LogP contribution in [-0.4, -0.2) is 0 Å². The molecule has 84 valence electrons. The van der Waals surface area contributed by atoms with Crippen LogP contribution in [0.4, 0.5) is 0 Å². The second-order valence-electron chi connectivity index (χ2n) is 3.53. The summed E-state index contributed by atoms with van der Waals surface area (Å²) in [6, 6.07) is 9.35. The van der Waals surface area contributed by atoms with Crippen molar-refractivity contribution in [2.24, 2.45) is 5.73 Å². The van der Waals surface area contributed by atoms with Gasteiger partial charge in [-0.3, -0.25) is 0 Å². The third kappa shape index (κ3) is 2.48. The molecule has 1 unspecified atom stereocenters. The smallest absolute Gasteiger partial charge is 0.105 e. The summed E-state index contributed by atoms with van der Waals surface area (Å²) in [6.45, 7) is 0. The first-order valence-corrected chi connectivity index (χ1v) is 6.07. The molecule has 0 spiro atoms. The van der Waals surface area contributed by atoms with Gasteiger partial charge < -0.3 is 10.2 Å². The highest BCUT2D eigenvalue weighted by atomic mass is 79.9. The monoisotopic (exact) mass is 299 g/mol. The Bertz CT molecular complexity index is 470. The number of hydrogen-bond donors (Lipinski definition) is 1. The quantitative estimate of drug-likeness (QED) is 0.932. The molecule has 2 N–H and O–H groups in total. The first-order chi connectivity index (χ1) is 7.68. The van der Waals surface area contributed by atoms with Crippen molar-refractivity contribution in [3.63, 3.8) is 0 Å². The molecule has 0 aliphatic rings. The minimum absolute atomic E-state index is 0.156. The van der Waals surface area contributed by atoms with Crippen molar-refractivity contribution < 1.29 is 4.42 Å². The topological polar surface area (TPSA) is 39.2 Å². The van der Waals surface area contributed by atoms with Crippen LogP contribution < -0.4 is 5.73 Å². The lowest BCUT2D eigenvalue weighted by atomic mass is 10.0. The summed E-state index contributed by atoms with van der Waals surface area (Å²) in [5.74, 6) is 0.864. The maximum absolute atomic E-state index is 6.17. The van der Waals surface area contributed by atoms with Crippen LogP contribution in [0, 0.1) is 0 Å². The Morgan fingerprint density at radius 3 is 2.81 bits per heavy atom. The highest BCUT2D eigenvalue weighted by molar-refractivity contribution is 9.10. The summed E-state index contributed by atoms with van der Waals surface area (Å²) >= 11 is 9.55. The van der Waals surface area contributed by atoms with Crippen LogP contribution in [0.3, 0.4) is 0 Å². The molecule has 1 atom stereocenters. The van der Waals surface area contributed by atoms with E-state index in [0.717, 1.165) is 15.8 Å². The molecule has 0 aliphatic heterocycles. The van der Waals surface area contributed by atoms with Gasteiger partial charge in [-0.05, 0) is 39.7 Å². The predicted molar refractivity (Wildman–Crippen MR) is 68.5 cm³/mol. The number of nitrogens with two attached hydrogens (primary N) is 1. The Hall–Kier alpha value is -0.770. The summed E-state index contributed by atoms with van der Waals surface area (Å²) in [5.41, 5.74) is 7.01. The number of benzene rings is 1. The largest absolute Gasteiger partial charge is 0.469 e. The average Bonchev–Trinajstić information content (AvgIpc) is 2.74. The number of hydrogen-bond acceptors (Lipinski definition) is 2. The zero-order chi connectivity index (χ0) is 11.5. The maximum Gasteiger partial charge on any atom is 0.105 e. The van der Waals surface area contributed by atoms with E-state index in [-0.39, 0.29) is 6.04 Å². The summed E-state index contributed by atoms with van der Waals surface area (Å²) in [6.07, 6.45) is 2.29. The lowest BCUT2D eigenvalue weighted by Crippen LogP contribution is -2.13. The molecule has 0 fully saturated rings. The SMILES string of the molecule is NC(Cc1ccco1)c1cccc(Br)c1Cl. The number of rotatable bonds is 3. The molecule has 0 saturated carbocycles. The van der Waals surface area contributed by atoms with Crippen LogP contribution in [0.15, 0.2) is 45.5 Å². The van der Waals surface area contributed by atoms with Crippen LogP contribution in [0.5, 0.6) is 0 Å². The van der Waals surface area contributed by atoms with Crippen LogP contribution in [-0.2, 0) is 6.42 Å². The second-order valence-corrected chi connectivity index (χ2v) is 4.77. The molecule has 0 aliphatic carbocycles. The lowest BCUT2D eigenvalue weighted by Gasteiger charge is -2.13. The third-order valence-corrected chi connectivity index (χ3v) is 3.69. The number of halogens is 2. The molecule has 2 rings (SSSR count). The first-order valence-electron chi connectivity index (χ1n) is 4.90. The second kappa shape index (κ2) is 5.04. The van der Waals surface area contributed by atoms with Crippen LogP contribution in [0.2, 0.25) is 5.02 Å². The average molecular weight is 301 g/mol. The molecule has 1 aromatic heterocycles. The number of furan rings is 1. The van der Waals surface area contributed by atoms with Crippen molar-refractivity contribution in [2.75, 3.05) is 0 Å². The predicted octanol–water partition coefficient (Wildman–Crippen LogP) is 3.94. The summed E-state index contributed by atoms with van der Waals surface area (Å²) < 4.78 is 6.12. The van der Waals surface area contributed by atoms with Gasteiger partial charge in [0.15, 0.2) is 0 Å². The Balaban J connectivity index is 2.21. The molecule has 4 heteroatoms. The minimum atomic E-state index is -0.156. The first kappa shape index (κ1) is 11.7. The van der Waals surface area contributed by atoms with E-state index in [4.69, 9.17) is 21.8 Å². The summed E-state index contributed by atoms with van der Waals surface area (Å²) in [5, 5.41) is 0.668. The highest BCUT2D eigenvalue weighted by Crippen LogP contribution is 2.30. The van der Waals surface area contributed by atoms with Crippen molar-refractivity contribution in [3.8, 4) is 0 Å². The van der Waals surface area contributed by atoms with Crippen molar-refractivity contribution in [3.05, 3.63) is 57.4 Å². The Kier molecular flexibility index (Phi) is 3.69. The van der Waals surface area contributed by atoms with Crippen molar-refractivity contribution >= 4 is 27.5 Å². The molecule has 16 heavy (non-hydrogen) atoms. The van der Waals surface area contributed by atoms with E-state index in [0.29, 0.717) is 11.4 Å². The lowest BCUT2D eigenvalue weighted by molar-refractivity contribution is 0.488. The fourth-order valence-electron chi connectivity index (χ4n) is 1.56. The normalized spacial score (nSPS) is 12.7. The van der Waals surface area contributed by atoms with Gasteiger partial charge in [0.2, 0.25) is 0 Å². The van der Waals surface area contributed by atoms with Crippen LogP contribution in [0.25, 0.3) is 0 Å². The van der Waals surface area contributed by atoms with Crippen LogP contribution in [0.1, 0.15) is 17.4 Å². The zero-order valence-electron chi connectivity index (χ0n) is 8.49. The van der Waals surface area contributed by atoms with Gasteiger partial charge in [-0.2, -0.15) is 0 Å². The van der Waals surface area contributed by atoms with Gasteiger partial charge in [0.05, 0.1) is 11.3 Å². The molecular formula is C12H11BrClNO. The van der Waals surface area contributed by atoms with Gasteiger partial charge in [0, 0.05) is 16.9 Å². The van der Waals surface area contributed by atoms with Crippen LogP contribution >= 0.6 is 27.5 Å². The fourth-order valence-corrected chi connectivity index (χ4v) is 2.21. The van der Waals surface area contributed by atoms with Crippen molar-refractivity contribution in [2.45, 2.75) is 12.5 Å². The van der Waals surface area contributed by atoms with Crippen molar-refractivity contribution in [1.29, 1.82) is 0 Å². The van der Waals surface area contributed by atoms with E-state index < -0.39 is 0 Å². The van der Waals surface area contributed by atoms with Gasteiger partial charge in [-0.1, -0.05) is 23.7 Å². The molecule has 0 saturated heterocycles. The molecule has 0 bridgehead atoms. The molecule has 2 nitrogen and oxygen atoms in total. The van der Waals surface area contributed by atoms with E-state index in [1.807, 2.05) is 30.3 Å². The van der Waals surface area contributed by atoms with Gasteiger partial charge >= 0.3 is 0 Å². The maximum atomic E-state index is 6.17. The zero-order valence-corrected chi connectivity index (χ0v) is 10.8. The van der Waals surface area contributed by atoms with Gasteiger partial charge in [0.1, 0.15) is 5.76 Å². The summed E-state index contributed by atoms with van der Waals surface area (Å²) in [7, 11) is 0. The molecule has 0 amide bonds. The van der Waals surface area contributed by atoms with E-state index in [1.54, 1.807) is 6.26 Å². The van der Waals surface area contributed by atoms with Gasteiger partial charge in [0.25, 0.3) is 0 Å². The Morgan fingerprint density at radius 1 is 1.31 bits per heavy atom. The molecule has 1 aromatic carbocycles. The van der Waals surface area contributed by atoms with E-state index >= 15 is 0 Å². The minimum Gasteiger partial charge on any atom is -0.469 e. The Labute approximate surface area is 108 Å². The molecule has 2 aromatic rings. The Morgan fingerprint density at radius 2 is 2.12 bits per heavy atom. The van der Waals surface area contributed by atoms with E-state index in [2.05, 4.69) is 15.9 Å². The van der Waals surface area contributed by atoms with E-state index in [1.165, 1.54) is 0 Å². The highest BCUT2D eigenvalue weighted by Gasteiger charge is 2.13. The molecule has 1 heterocycles. The molecule has 0 radical (unpaired) electrons. The third-order valence-electron chi connectivity index (χ3n) is 2.38. The molecular weight excluding hydrogens is 289 g/mol. The van der Waals surface area contributed by atoms with E-state index in [9.17, 15) is 0 Å². The standard InChI is InChI=1S/C12H11BrClNO/c13-10-5-1-4-9(12(10)14)11(15)7-8-3-2-6-16-8/h1-6,11H,7,15H2. The van der Waals surface area contributed by atoms with Crippen molar-refractivity contribution in [1.82, 2.24) is 0 Å². The fraction of sp³-hybridized carbons (Fsp3) is 0.167. The van der Waals surface area contributed by atoms with Gasteiger partial charge in [-0.25, -0.2) is 0 Å². The van der Waals surface area contributed by atoms with Gasteiger partial charge in [-0.15, -0.1) is 0 Å².